The molecule has 0 radical (unpaired) electrons. The Bertz CT molecular complexity index is 205. The maximum Gasteiger partial charge on any atom is 0.0708 e. The molecule has 0 aliphatic rings. The van der Waals surface area contributed by atoms with Crippen molar-refractivity contribution < 1.29 is 5.11 Å². The summed E-state index contributed by atoms with van der Waals surface area (Å²) in [5.41, 5.74) is 1.08. The molecule has 0 amide bonds. The van der Waals surface area contributed by atoms with Crippen LogP contribution in [0.2, 0.25) is 0 Å². The quantitative estimate of drug-likeness (QED) is 0.652. The van der Waals surface area contributed by atoms with Gasteiger partial charge in [0.15, 0.2) is 0 Å². The summed E-state index contributed by atoms with van der Waals surface area (Å²) in [5.74, 6) is 0. The highest BCUT2D eigenvalue weighted by atomic mass is 16.3. The van der Waals surface area contributed by atoms with Crippen LogP contribution in [0.15, 0.2) is 12.3 Å². The van der Waals surface area contributed by atoms with E-state index in [4.69, 9.17) is 5.11 Å². The first-order valence-electron chi connectivity index (χ1n) is 3.36. The Morgan fingerprint density at radius 3 is 2.90 bits per heavy atom. The molecule has 0 aliphatic carbocycles. The fraction of sp³-hybridized carbons (Fsp3) is 0.571. The summed E-state index contributed by atoms with van der Waals surface area (Å²) in [6.07, 6.45) is 1.41. The van der Waals surface area contributed by atoms with E-state index in [1.807, 2.05) is 13.0 Å². The van der Waals surface area contributed by atoms with Crippen molar-refractivity contribution in [2.24, 2.45) is 0 Å². The van der Waals surface area contributed by atoms with E-state index in [0.29, 0.717) is 6.54 Å². The minimum atomic E-state index is -0.321. The minimum absolute atomic E-state index is 0.321. The van der Waals surface area contributed by atoms with Crippen LogP contribution in [0.3, 0.4) is 0 Å². The molecule has 1 aromatic heterocycles. The van der Waals surface area contributed by atoms with Gasteiger partial charge in [-0.2, -0.15) is 5.10 Å². The van der Waals surface area contributed by atoms with E-state index in [0.717, 1.165) is 5.69 Å². The summed E-state index contributed by atoms with van der Waals surface area (Å²) < 4.78 is 1.78. The first kappa shape index (κ1) is 7.28. The van der Waals surface area contributed by atoms with Crippen molar-refractivity contribution in [3.05, 3.63) is 18.0 Å². The molecule has 1 heterocycles. The molecule has 0 saturated carbocycles. The first-order chi connectivity index (χ1) is 4.70. The van der Waals surface area contributed by atoms with Crippen LogP contribution in [0, 0.1) is 6.92 Å². The Hall–Kier alpha value is -0.830. The van der Waals surface area contributed by atoms with Crippen LogP contribution in [0.5, 0.6) is 0 Å². The second-order valence-corrected chi connectivity index (χ2v) is 2.50. The first-order valence-corrected chi connectivity index (χ1v) is 3.36. The van der Waals surface area contributed by atoms with Crippen LogP contribution in [0.4, 0.5) is 0 Å². The van der Waals surface area contributed by atoms with Crippen molar-refractivity contribution in [2.45, 2.75) is 26.5 Å². The highest BCUT2D eigenvalue weighted by Crippen LogP contribution is 1.96. The second kappa shape index (κ2) is 2.84. The zero-order valence-corrected chi connectivity index (χ0v) is 6.28. The number of aryl methyl sites for hydroxylation is 1. The third-order valence-electron chi connectivity index (χ3n) is 1.37. The van der Waals surface area contributed by atoms with Gasteiger partial charge >= 0.3 is 0 Å². The SMILES string of the molecule is Cc1ccnn1C[C@@H](C)O. The topological polar surface area (TPSA) is 38.0 Å². The number of nitrogens with zero attached hydrogens (tertiary/aromatic N) is 2. The van der Waals surface area contributed by atoms with Gasteiger partial charge in [-0.15, -0.1) is 0 Å². The van der Waals surface area contributed by atoms with Crippen LogP contribution >= 0.6 is 0 Å². The lowest BCUT2D eigenvalue weighted by molar-refractivity contribution is 0.167. The van der Waals surface area contributed by atoms with Crippen LogP contribution in [-0.2, 0) is 6.54 Å². The smallest absolute Gasteiger partial charge is 0.0708 e. The van der Waals surface area contributed by atoms with E-state index in [2.05, 4.69) is 5.10 Å². The minimum Gasteiger partial charge on any atom is -0.391 e. The predicted octanol–water partition coefficient (Wildman–Crippen LogP) is 0.572. The Labute approximate surface area is 60.3 Å². The molecule has 3 heteroatoms. The molecule has 0 spiro atoms. The molecule has 56 valence electrons. The standard InChI is InChI=1S/C7H12N2O/c1-6-3-4-8-9(6)5-7(2)10/h3-4,7,10H,5H2,1-2H3/t7-/m1/s1. The number of aliphatic hydroxyl groups is 1. The Kier molecular flexibility index (Phi) is 2.06. The van der Waals surface area contributed by atoms with Crippen molar-refractivity contribution in [1.29, 1.82) is 0 Å². The molecular weight excluding hydrogens is 128 g/mol. The Balaban J connectivity index is 2.65. The molecule has 0 aliphatic heterocycles. The third-order valence-corrected chi connectivity index (χ3v) is 1.37. The van der Waals surface area contributed by atoms with E-state index in [-0.39, 0.29) is 6.10 Å². The van der Waals surface area contributed by atoms with Crippen molar-refractivity contribution >= 4 is 0 Å². The van der Waals surface area contributed by atoms with E-state index < -0.39 is 0 Å². The molecule has 0 aromatic carbocycles. The van der Waals surface area contributed by atoms with Crippen LogP contribution in [0.25, 0.3) is 0 Å². The summed E-state index contributed by atoms with van der Waals surface area (Å²) in [4.78, 5) is 0. The van der Waals surface area contributed by atoms with Gasteiger partial charge in [0, 0.05) is 11.9 Å². The molecular formula is C7H12N2O. The number of hydrogen-bond donors (Lipinski definition) is 1. The highest BCUT2D eigenvalue weighted by molar-refractivity contribution is 4.96. The van der Waals surface area contributed by atoms with Crippen LogP contribution < -0.4 is 0 Å². The lowest BCUT2D eigenvalue weighted by Crippen LogP contribution is -2.13. The Morgan fingerprint density at radius 1 is 1.80 bits per heavy atom. The van der Waals surface area contributed by atoms with E-state index >= 15 is 0 Å². The summed E-state index contributed by atoms with van der Waals surface area (Å²) in [7, 11) is 0. The van der Waals surface area contributed by atoms with Gasteiger partial charge in [0.2, 0.25) is 0 Å². The average molecular weight is 140 g/mol. The number of aliphatic hydroxyl groups excluding tert-OH is 1. The number of hydrogen-bond acceptors (Lipinski definition) is 2. The van der Waals surface area contributed by atoms with Crippen molar-refractivity contribution in [3.63, 3.8) is 0 Å². The summed E-state index contributed by atoms with van der Waals surface area (Å²) >= 11 is 0. The molecule has 0 saturated heterocycles. The van der Waals surface area contributed by atoms with Gasteiger partial charge in [-0.25, -0.2) is 0 Å². The van der Waals surface area contributed by atoms with Gasteiger partial charge in [0.25, 0.3) is 0 Å². The van der Waals surface area contributed by atoms with Gasteiger partial charge in [-0.1, -0.05) is 0 Å². The van der Waals surface area contributed by atoms with Gasteiger partial charge < -0.3 is 5.11 Å². The van der Waals surface area contributed by atoms with Gasteiger partial charge in [0.05, 0.1) is 12.6 Å². The molecule has 3 nitrogen and oxygen atoms in total. The van der Waals surface area contributed by atoms with Crippen molar-refractivity contribution in [3.8, 4) is 0 Å². The Morgan fingerprint density at radius 2 is 2.50 bits per heavy atom. The largest absolute Gasteiger partial charge is 0.391 e. The number of aromatic nitrogens is 2. The maximum atomic E-state index is 8.99. The van der Waals surface area contributed by atoms with Crippen molar-refractivity contribution in [1.82, 2.24) is 9.78 Å². The fourth-order valence-electron chi connectivity index (χ4n) is 0.840. The normalized spacial score (nSPS) is 13.5. The summed E-state index contributed by atoms with van der Waals surface area (Å²) in [5, 5.41) is 13.0. The predicted molar refractivity (Wildman–Crippen MR) is 38.6 cm³/mol. The average Bonchev–Trinajstić information content (AvgIpc) is 2.15. The van der Waals surface area contributed by atoms with E-state index in [1.54, 1.807) is 17.8 Å². The lowest BCUT2D eigenvalue weighted by atomic mass is 10.4. The summed E-state index contributed by atoms with van der Waals surface area (Å²) in [6.45, 7) is 4.30. The zero-order chi connectivity index (χ0) is 7.56. The maximum absolute atomic E-state index is 8.99. The van der Waals surface area contributed by atoms with Crippen LogP contribution in [0.1, 0.15) is 12.6 Å². The van der Waals surface area contributed by atoms with Crippen LogP contribution in [-0.4, -0.2) is 21.0 Å². The van der Waals surface area contributed by atoms with E-state index in [1.165, 1.54) is 0 Å². The molecule has 0 fully saturated rings. The molecule has 1 rings (SSSR count). The lowest BCUT2D eigenvalue weighted by Gasteiger charge is -2.05. The van der Waals surface area contributed by atoms with Crippen molar-refractivity contribution in [2.75, 3.05) is 0 Å². The van der Waals surface area contributed by atoms with Gasteiger partial charge in [0.1, 0.15) is 0 Å². The molecule has 0 unspecified atom stereocenters. The molecule has 0 bridgehead atoms. The van der Waals surface area contributed by atoms with Gasteiger partial charge in [-0.05, 0) is 19.9 Å². The summed E-state index contributed by atoms with van der Waals surface area (Å²) in [6, 6.07) is 1.92. The van der Waals surface area contributed by atoms with Gasteiger partial charge in [-0.3, -0.25) is 4.68 Å². The third kappa shape index (κ3) is 1.57. The molecule has 1 aromatic rings. The molecule has 10 heavy (non-hydrogen) atoms. The monoisotopic (exact) mass is 140 g/mol. The zero-order valence-electron chi connectivity index (χ0n) is 6.28. The van der Waals surface area contributed by atoms with E-state index in [9.17, 15) is 0 Å². The second-order valence-electron chi connectivity index (χ2n) is 2.50. The number of rotatable bonds is 2. The highest BCUT2D eigenvalue weighted by Gasteiger charge is 1.99. The molecule has 1 atom stereocenters. The molecule has 1 N–H and O–H groups in total. The fourth-order valence-corrected chi connectivity index (χ4v) is 0.840.